The highest BCUT2D eigenvalue weighted by molar-refractivity contribution is 5.81. The zero-order valence-corrected chi connectivity index (χ0v) is 16.1. The van der Waals surface area contributed by atoms with Crippen molar-refractivity contribution in [3.8, 4) is 5.75 Å². The second-order valence-corrected chi connectivity index (χ2v) is 6.63. The van der Waals surface area contributed by atoms with Gasteiger partial charge in [-0.15, -0.1) is 0 Å². The lowest BCUT2D eigenvalue weighted by Crippen LogP contribution is -2.50. The first-order valence-corrected chi connectivity index (χ1v) is 9.14. The van der Waals surface area contributed by atoms with Crippen molar-refractivity contribution in [2.45, 2.75) is 6.92 Å². The minimum Gasteiger partial charge on any atom is -0.497 e. The summed E-state index contributed by atoms with van der Waals surface area (Å²) >= 11 is 0. The maximum absolute atomic E-state index is 12.5. The summed E-state index contributed by atoms with van der Waals surface area (Å²) in [6, 6.07) is 12.7. The smallest absolute Gasteiger partial charge is 0.274 e. The van der Waals surface area contributed by atoms with E-state index in [0.29, 0.717) is 24.3 Å². The Morgan fingerprint density at radius 3 is 2.43 bits per heavy atom. The van der Waals surface area contributed by atoms with Crippen molar-refractivity contribution in [3.05, 3.63) is 58.1 Å². The second kappa shape index (κ2) is 8.60. The number of anilines is 2. The van der Waals surface area contributed by atoms with Gasteiger partial charge in [0.1, 0.15) is 5.75 Å². The Morgan fingerprint density at radius 2 is 1.82 bits per heavy atom. The van der Waals surface area contributed by atoms with Gasteiger partial charge in [0.25, 0.3) is 5.69 Å². The number of ether oxygens (including phenoxy) is 1. The quantitative estimate of drug-likeness (QED) is 0.609. The summed E-state index contributed by atoms with van der Waals surface area (Å²) in [5.41, 5.74) is 2.30. The molecule has 0 unspecified atom stereocenters. The van der Waals surface area contributed by atoms with Crippen molar-refractivity contribution in [2.75, 3.05) is 50.1 Å². The van der Waals surface area contributed by atoms with Crippen LogP contribution in [0.3, 0.4) is 0 Å². The molecule has 0 atom stereocenters. The van der Waals surface area contributed by atoms with Crippen LogP contribution in [-0.4, -0.2) is 55.6 Å². The predicted molar refractivity (Wildman–Crippen MR) is 108 cm³/mol. The summed E-state index contributed by atoms with van der Waals surface area (Å²) in [5, 5.41) is 14.1. The number of hydrogen-bond acceptors (Lipinski definition) is 6. The molecule has 0 bridgehead atoms. The average molecular weight is 384 g/mol. The minimum absolute atomic E-state index is 0.0136. The fourth-order valence-electron chi connectivity index (χ4n) is 3.30. The second-order valence-electron chi connectivity index (χ2n) is 6.63. The van der Waals surface area contributed by atoms with Crippen LogP contribution < -0.4 is 15.0 Å². The van der Waals surface area contributed by atoms with Crippen LogP contribution in [0.15, 0.2) is 42.5 Å². The maximum atomic E-state index is 12.5. The van der Waals surface area contributed by atoms with Crippen LogP contribution >= 0.6 is 0 Å². The molecule has 1 saturated heterocycles. The molecular weight excluding hydrogens is 360 g/mol. The Kier molecular flexibility index (Phi) is 5.98. The van der Waals surface area contributed by atoms with Gasteiger partial charge in [-0.05, 0) is 37.3 Å². The number of hydrogen-bond donors (Lipinski definition) is 1. The number of nitrogens with zero attached hydrogens (tertiary/aromatic N) is 3. The molecule has 0 spiro atoms. The molecule has 1 fully saturated rings. The molecule has 148 valence electrons. The largest absolute Gasteiger partial charge is 0.497 e. The summed E-state index contributed by atoms with van der Waals surface area (Å²) in [5.74, 6) is 0.806. The molecule has 1 aliphatic heterocycles. The van der Waals surface area contributed by atoms with Crippen molar-refractivity contribution in [1.82, 2.24) is 4.90 Å². The van der Waals surface area contributed by atoms with Gasteiger partial charge >= 0.3 is 0 Å². The fraction of sp³-hybridized carbons (Fsp3) is 0.350. The first-order chi connectivity index (χ1) is 13.5. The van der Waals surface area contributed by atoms with Gasteiger partial charge in [0.2, 0.25) is 5.91 Å². The SMILES string of the molecule is COc1ccc(N2CCN(C(=O)CNc3cccc([N+](=O)[O-])c3C)CC2)cc1. The third kappa shape index (κ3) is 4.33. The van der Waals surface area contributed by atoms with E-state index in [2.05, 4.69) is 10.2 Å². The lowest BCUT2D eigenvalue weighted by Gasteiger charge is -2.36. The molecule has 2 aromatic carbocycles. The van der Waals surface area contributed by atoms with Crippen molar-refractivity contribution in [1.29, 1.82) is 0 Å². The molecule has 8 heteroatoms. The van der Waals surface area contributed by atoms with E-state index >= 15 is 0 Å². The van der Waals surface area contributed by atoms with Crippen molar-refractivity contribution in [2.24, 2.45) is 0 Å². The molecule has 0 aliphatic carbocycles. The molecule has 3 rings (SSSR count). The van der Waals surface area contributed by atoms with Gasteiger partial charge in [-0.2, -0.15) is 0 Å². The number of methoxy groups -OCH3 is 1. The van der Waals surface area contributed by atoms with Gasteiger partial charge in [-0.1, -0.05) is 6.07 Å². The van der Waals surface area contributed by atoms with Gasteiger partial charge in [0.15, 0.2) is 0 Å². The predicted octanol–water partition coefficient (Wildman–Crippen LogP) is 2.67. The van der Waals surface area contributed by atoms with E-state index in [9.17, 15) is 14.9 Å². The summed E-state index contributed by atoms with van der Waals surface area (Å²) < 4.78 is 5.18. The number of benzene rings is 2. The number of piperazine rings is 1. The lowest BCUT2D eigenvalue weighted by atomic mass is 10.1. The highest BCUT2D eigenvalue weighted by Gasteiger charge is 2.21. The van der Waals surface area contributed by atoms with Crippen LogP contribution in [0.4, 0.5) is 17.1 Å². The third-order valence-corrected chi connectivity index (χ3v) is 5.00. The third-order valence-electron chi connectivity index (χ3n) is 5.00. The average Bonchev–Trinajstić information content (AvgIpc) is 2.72. The normalized spacial score (nSPS) is 13.9. The standard InChI is InChI=1S/C20H24N4O4/c1-15-18(4-3-5-19(15)24(26)27)21-14-20(25)23-12-10-22(11-13-23)16-6-8-17(28-2)9-7-16/h3-9,21H,10-14H2,1-2H3. The monoisotopic (exact) mass is 384 g/mol. The Balaban J connectivity index is 1.53. The molecular formula is C20H24N4O4. The number of nitro benzene ring substituents is 1. The van der Waals surface area contributed by atoms with Crippen LogP contribution in [0.2, 0.25) is 0 Å². The number of nitro groups is 1. The summed E-state index contributed by atoms with van der Waals surface area (Å²) in [4.78, 5) is 27.2. The molecule has 1 aliphatic rings. The Labute approximate surface area is 163 Å². The first-order valence-electron chi connectivity index (χ1n) is 9.14. The van der Waals surface area contributed by atoms with Gasteiger partial charge in [0.05, 0.1) is 18.6 Å². The number of amides is 1. The number of rotatable bonds is 6. The molecule has 1 heterocycles. The Bertz CT molecular complexity index is 846. The molecule has 0 radical (unpaired) electrons. The number of carbonyl (C=O) groups excluding carboxylic acids is 1. The van der Waals surface area contributed by atoms with Crippen LogP contribution in [0.1, 0.15) is 5.56 Å². The van der Waals surface area contributed by atoms with E-state index in [1.54, 1.807) is 26.2 Å². The van der Waals surface area contributed by atoms with Crippen LogP contribution in [0.25, 0.3) is 0 Å². The molecule has 8 nitrogen and oxygen atoms in total. The first kappa shape index (κ1) is 19.5. The maximum Gasteiger partial charge on any atom is 0.274 e. The van der Waals surface area contributed by atoms with Gasteiger partial charge in [0, 0.05) is 49.2 Å². The van der Waals surface area contributed by atoms with E-state index in [4.69, 9.17) is 4.74 Å². The van der Waals surface area contributed by atoms with Crippen molar-refractivity contribution in [3.63, 3.8) is 0 Å². The van der Waals surface area contributed by atoms with E-state index in [1.807, 2.05) is 29.2 Å². The van der Waals surface area contributed by atoms with Gasteiger partial charge in [-0.3, -0.25) is 14.9 Å². The summed E-state index contributed by atoms with van der Waals surface area (Å²) in [6.45, 7) is 4.59. The van der Waals surface area contributed by atoms with Crippen LogP contribution in [0, 0.1) is 17.0 Å². The van der Waals surface area contributed by atoms with Crippen LogP contribution in [0.5, 0.6) is 5.75 Å². The van der Waals surface area contributed by atoms with E-state index < -0.39 is 4.92 Å². The fourth-order valence-corrected chi connectivity index (χ4v) is 3.30. The lowest BCUT2D eigenvalue weighted by molar-refractivity contribution is -0.385. The van der Waals surface area contributed by atoms with Crippen molar-refractivity contribution >= 4 is 23.0 Å². The van der Waals surface area contributed by atoms with Crippen molar-refractivity contribution < 1.29 is 14.5 Å². The van der Waals surface area contributed by atoms with Crippen LogP contribution in [-0.2, 0) is 4.79 Å². The topological polar surface area (TPSA) is 88.0 Å². The Hall–Kier alpha value is -3.29. The van der Waals surface area contributed by atoms with Gasteiger partial charge < -0.3 is 19.9 Å². The van der Waals surface area contributed by atoms with E-state index in [0.717, 1.165) is 24.5 Å². The minimum atomic E-state index is -0.416. The molecule has 0 aromatic heterocycles. The Morgan fingerprint density at radius 1 is 1.14 bits per heavy atom. The number of carbonyl (C=O) groups is 1. The summed E-state index contributed by atoms with van der Waals surface area (Å²) in [7, 11) is 1.64. The number of nitrogens with one attached hydrogen (secondary N) is 1. The molecule has 1 amide bonds. The highest BCUT2D eigenvalue weighted by atomic mass is 16.6. The molecule has 2 aromatic rings. The zero-order chi connectivity index (χ0) is 20.1. The molecule has 1 N–H and O–H groups in total. The van der Waals surface area contributed by atoms with Gasteiger partial charge in [-0.25, -0.2) is 0 Å². The summed E-state index contributed by atoms with van der Waals surface area (Å²) in [6.07, 6.45) is 0. The molecule has 28 heavy (non-hydrogen) atoms. The highest BCUT2D eigenvalue weighted by Crippen LogP contribution is 2.25. The van der Waals surface area contributed by atoms with E-state index in [1.165, 1.54) is 6.07 Å². The molecule has 0 saturated carbocycles. The zero-order valence-electron chi connectivity index (χ0n) is 16.1. The van der Waals surface area contributed by atoms with E-state index in [-0.39, 0.29) is 18.1 Å².